The van der Waals surface area contributed by atoms with E-state index in [2.05, 4.69) is 12.1 Å². The minimum atomic E-state index is -0.263. The van der Waals surface area contributed by atoms with E-state index in [0.717, 1.165) is 12.8 Å². The molecule has 0 N–H and O–H groups in total. The van der Waals surface area contributed by atoms with Gasteiger partial charge in [-0.05, 0) is 12.0 Å². The van der Waals surface area contributed by atoms with E-state index in [9.17, 15) is 4.79 Å². The lowest BCUT2D eigenvalue weighted by molar-refractivity contribution is 0.0603. The first-order valence-corrected chi connectivity index (χ1v) is 6.29. The summed E-state index contributed by atoms with van der Waals surface area (Å²) in [4.78, 5) is 13.4. The van der Waals surface area contributed by atoms with E-state index < -0.39 is 0 Å². The molecule has 1 atom stereocenters. The van der Waals surface area contributed by atoms with Gasteiger partial charge in [-0.15, -0.1) is 0 Å². The smallest absolute Gasteiger partial charge is 0.409 e. The minimum Gasteiger partial charge on any atom is -0.444 e. The highest BCUT2D eigenvalue weighted by Crippen LogP contribution is 2.10. The maximum Gasteiger partial charge on any atom is 0.409 e. The molecule has 4 heteroatoms. The third-order valence-electron chi connectivity index (χ3n) is 3.05. The molecule has 0 radical (unpaired) electrons. The zero-order valence-corrected chi connectivity index (χ0v) is 10.7. The van der Waals surface area contributed by atoms with Gasteiger partial charge in [0.05, 0.1) is 13.2 Å². The maximum absolute atomic E-state index is 11.8. The van der Waals surface area contributed by atoms with Crippen molar-refractivity contribution in [3.8, 4) is 0 Å². The number of rotatable bonds is 4. The van der Waals surface area contributed by atoms with Crippen LogP contribution in [-0.4, -0.2) is 43.9 Å². The predicted molar refractivity (Wildman–Crippen MR) is 68.5 cm³/mol. The molecular weight excluding hydrogens is 230 g/mol. The molecule has 1 amide bonds. The summed E-state index contributed by atoms with van der Waals surface area (Å²) in [6.45, 7) is 1.88. The topological polar surface area (TPSA) is 38.8 Å². The van der Waals surface area contributed by atoms with Gasteiger partial charge in [0, 0.05) is 20.0 Å². The fourth-order valence-electron chi connectivity index (χ4n) is 1.87. The highest BCUT2D eigenvalue weighted by atomic mass is 16.6. The third kappa shape index (κ3) is 3.74. The Hall–Kier alpha value is -1.55. The van der Waals surface area contributed by atoms with E-state index in [1.165, 1.54) is 5.56 Å². The number of likely N-dealkylation sites (N-methyl/N-ethyl adjacent to an activating group) is 1. The van der Waals surface area contributed by atoms with Crippen LogP contribution in [0.25, 0.3) is 0 Å². The van der Waals surface area contributed by atoms with Crippen LogP contribution in [0.1, 0.15) is 12.0 Å². The Kier molecular flexibility index (Phi) is 4.59. The second-order valence-electron chi connectivity index (χ2n) is 4.53. The molecule has 0 bridgehead atoms. The molecule has 0 spiro atoms. The van der Waals surface area contributed by atoms with E-state index in [1.54, 1.807) is 11.9 Å². The summed E-state index contributed by atoms with van der Waals surface area (Å²) in [5, 5.41) is 0. The number of nitrogens with zero attached hydrogens (tertiary/aromatic N) is 1. The van der Waals surface area contributed by atoms with Crippen LogP contribution in [0.3, 0.4) is 0 Å². The van der Waals surface area contributed by atoms with Crippen molar-refractivity contribution in [3.63, 3.8) is 0 Å². The van der Waals surface area contributed by atoms with Crippen LogP contribution in [-0.2, 0) is 15.9 Å². The molecule has 2 rings (SSSR count). The summed E-state index contributed by atoms with van der Waals surface area (Å²) in [5.74, 6) is 0. The van der Waals surface area contributed by atoms with Crippen molar-refractivity contribution in [3.05, 3.63) is 35.9 Å². The number of hydrogen-bond acceptors (Lipinski definition) is 3. The van der Waals surface area contributed by atoms with Crippen LogP contribution in [0.2, 0.25) is 0 Å². The van der Waals surface area contributed by atoms with Crippen molar-refractivity contribution < 1.29 is 14.3 Å². The zero-order valence-electron chi connectivity index (χ0n) is 10.7. The lowest BCUT2D eigenvalue weighted by atomic mass is 10.1. The minimum absolute atomic E-state index is 0.0725. The summed E-state index contributed by atoms with van der Waals surface area (Å²) in [6.07, 6.45) is 1.31. The molecule has 1 heterocycles. The fraction of sp³-hybridized carbons (Fsp3) is 0.500. The number of carbonyl (C=O) groups excluding carboxylic acids is 1. The van der Waals surface area contributed by atoms with Gasteiger partial charge in [0.2, 0.25) is 0 Å². The highest BCUT2D eigenvalue weighted by molar-refractivity contribution is 5.67. The molecule has 1 fully saturated rings. The maximum atomic E-state index is 11.8. The van der Waals surface area contributed by atoms with Crippen LogP contribution in [0.15, 0.2) is 30.3 Å². The van der Waals surface area contributed by atoms with Gasteiger partial charge in [-0.1, -0.05) is 30.3 Å². The number of ether oxygens (including phenoxy) is 2. The lowest BCUT2D eigenvalue weighted by Crippen LogP contribution is -2.32. The molecule has 0 saturated carbocycles. The van der Waals surface area contributed by atoms with Gasteiger partial charge >= 0.3 is 6.09 Å². The van der Waals surface area contributed by atoms with Gasteiger partial charge in [-0.25, -0.2) is 4.79 Å². The number of carbonyl (C=O) groups is 1. The molecule has 1 saturated heterocycles. The van der Waals surface area contributed by atoms with Crippen molar-refractivity contribution in [2.75, 3.05) is 26.8 Å². The van der Waals surface area contributed by atoms with Crippen molar-refractivity contribution in [1.82, 2.24) is 4.90 Å². The van der Waals surface area contributed by atoms with Crippen LogP contribution in [0.5, 0.6) is 0 Å². The number of benzene rings is 1. The van der Waals surface area contributed by atoms with Gasteiger partial charge in [0.15, 0.2) is 0 Å². The molecule has 1 aliphatic rings. The molecule has 1 aliphatic heterocycles. The summed E-state index contributed by atoms with van der Waals surface area (Å²) in [5.41, 5.74) is 1.22. The summed E-state index contributed by atoms with van der Waals surface area (Å²) >= 11 is 0. The Labute approximate surface area is 107 Å². The first kappa shape index (κ1) is 12.9. The molecule has 98 valence electrons. The van der Waals surface area contributed by atoms with Crippen molar-refractivity contribution >= 4 is 6.09 Å². The van der Waals surface area contributed by atoms with Crippen LogP contribution in [0, 0.1) is 0 Å². The van der Waals surface area contributed by atoms with Gasteiger partial charge in [0.1, 0.15) is 6.10 Å². The molecule has 1 aromatic rings. The van der Waals surface area contributed by atoms with Gasteiger partial charge in [-0.3, -0.25) is 0 Å². The quantitative estimate of drug-likeness (QED) is 0.820. The molecule has 4 nitrogen and oxygen atoms in total. The van der Waals surface area contributed by atoms with Gasteiger partial charge in [0.25, 0.3) is 0 Å². The Morgan fingerprint density at radius 2 is 2.22 bits per heavy atom. The summed E-state index contributed by atoms with van der Waals surface area (Å²) in [7, 11) is 1.76. The monoisotopic (exact) mass is 249 g/mol. The SMILES string of the molecule is CN(CCc1ccccc1)C(=O)O[C@H]1CCOC1. The molecule has 0 aromatic heterocycles. The van der Waals surface area contributed by atoms with E-state index in [-0.39, 0.29) is 12.2 Å². The Bertz CT molecular complexity index is 374. The van der Waals surface area contributed by atoms with E-state index in [1.807, 2.05) is 18.2 Å². The van der Waals surface area contributed by atoms with Crippen molar-refractivity contribution in [2.24, 2.45) is 0 Å². The van der Waals surface area contributed by atoms with Crippen LogP contribution < -0.4 is 0 Å². The third-order valence-corrected chi connectivity index (χ3v) is 3.05. The second kappa shape index (κ2) is 6.40. The average Bonchev–Trinajstić information content (AvgIpc) is 2.90. The molecule has 1 aromatic carbocycles. The number of amides is 1. The summed E-state index contributed by atoms with van der Waals surface area (Å²) < 4.78 is 10.5. The lowest BCUT2D eigenvalue weighted by Gasteiger charge is -2.19. The van der Waals surface area contributed by atoms with Gasteiger partial charge in [-0.2, -0.15) is 0 Å². The predicted octanol–water partition coefficient (Wildman–Crippen LogP) is 2.09. The number of hydrogen-bond donors (Lipinski definition) is 0. The largest absolute Gasteiger partial charge is 0.444 e. The molecule has 0 aliphatic carbocycles. The molecular formula is C14H19NO3. The van der Waals surface area contributed by atoms with Gasteiger partial charge < -0.3 is 14.4 Å². The molecule has 0 unspecified atom stereocenters. The second-order valence-corrected chi connectivity index (χ2v) is 4.53. The zero-order chi connectivity index (χ0) is 12.8. The Morgan fingerprint density at radius 1 is 1.44 bits per heavy atom. The Morgan fingerprint density at radius 3 is 2.89 bits per heavy atom. The van der Waals surface area contributed by atoms with Crippen molar-refractivity contribution in [1.29, 1.82) is 0 Å². The fourth-order valence-corrected chi connectivity index (χ4v) is 1.87. The van der Waals surface area contributed by atoms with Crippen LogP contribution >= 0.6 is 0 Å². The van der Waals surface area contributed by atoms with E-state index in [4.69, 9.17) is 9.47 Å². The molecule has 18 heavy (non-hydrogen) atoms. The average molecular weight is 249 g/mol. The summed E-state index contributed by atoms with van der Waals surface area (Å²) in [6, 6.07) is 10.1. The highest BCUT2D eigenvalue weighted by Gasteiger charge is 2.21. The standard InChI is InChI=1S/C14H19NO3/c1-15(9-7-12-5-3-2-4-6-12)14(16)18-13-8-10-17-11-13/h2-6,13H,7-11H2,1H3/t13-/m0/s1. The normalized spacial score (nSPS) is 18.6. The first-order valence-electron chi connectivity index (χ1n) is 6.29. The first-order chi connectivity index (χ1) is 8.75. The van der Waals surface area contributed by atoms with Crippen molar-refractivity contribution in [2.45, 2.75) is 18.9 Å². The van der Waals surface area contributed by atoms with E-state index >= 15 is 0 Å². The van der Waals surface area contributed by atoms with Crippen LogP contribution in [0.4, 0.5) is 4.79 Å². The van der Waals surface area contributed by atoms with E-state index in [0.29, 0.717) is 19.8 Å². The Balaban J connectivity index is 1.73.